The first-order valence-corrected chi connectivity index (χ1v) is 7.92. The summed E-state index contributed by atoms with van der Waals surface area (Å²) in [6.07, 6.45) is 10.6. The van der Waals surface area contributed by atoms with E-state index in [9.17, 15) is 0 Å². The molecule has 0 aromatic carbocycles. The molecule has 1 aliphatic carbocycles. The molecule has 1 heterocycles. The standard InChI is InChI=1S/C16H29N3/c1-4-14-11-16(19(3)18-14)12-15(17-2)10-13-8-6-5-7-9-13/h11,13,15,17H,4-10,12H2,1-3H3. The number of rotatable bonds is 6. The Labute approximate surface area is 117 Å². The van der Waals surface area contributed by atoms with E-state index in [-0.39, 0.29) is 0 Å². The zero-order valence-electron chi connectivity index (χ0n) is 12.8. The largest absolute Gasteiger partial charge is 0.317 e. The topological polar surface area (TPSA) is 29.9 Å². The number of aryl methyl sites for hydroxylation is 2. The molecule has 0 bridgehead atoms. The summed E-state index contributed by atoms with van der Waals surface area (Å²) in [5.74, 6) is 0.935. The van der Waals surface area contributed by atoms with Gasteiger partial charge in [-0.05, 0) is 31.9 Å². The van der Waals surface area contributed by atoms with Gasteiger partial charge in [-0.1, -0.05) is 39.0 Å². The van der Waals surface area contributed by atoms with Crippen LogP contribution in [-0.4, -0.2) is 22.9 Å². The lowest BCUT2D eigenvalue weighted by Gasteiger charge is -2.26. The van der Waals surface area contributed by atoms with Crippen LogP contribution in [0.5, 0.6) is 0 Å². The third-order valence-corrected chi connectivity index (χ3v) is 4.60. The molecule has 1 unspecified atom stereocenters. The van der Waals surface area contributed by atoms with Gasteiger partial charge in [-0.15, -0.1) is 0 Å². The maximum absolute atomic E-state index is 4.55. The van der Waals surface area contributed by atoms with Crippen molar-refractivity contribution in [3.05, 3.63) is 17.5 Å². The number of nitrogens with zero attached hydrogens (tertiary/aromatic N) is 2. The van der Waals surface area contributed by atoms with Gasteiger partial charge < -0.3 is 5.32 Å². The zero-order valence-corrected chi connectivity index (χ0v) is 12.8. The summed E-state index contributed by atoms with van der Waals surface area (Å²) in [4.78, 5) is 0. The highest BCUT2D eigenvalue weighted by Gasteiger charge is 2.19. The Morgan fingerprint density at radius 3 is 2.68 bits per heavy atom. The van der Waals surface area contributed by atoms with Crippen molar-refractivity contribution >= 4 is 0 Å². The van der Waals surface area contributed by atoms with Gasteiger partial charge >= 0.3 is 0 Å². The Morgan fingerprint density at radius 1 is 1.37 bits per heavy atom. The summed E-state index contributed by atoms with van der Waals surface area (Å²) in [6.45, 7) is 2.17. The lowest BCUT2D eigenvalue weighted by Crippen LogP contribution is -2.31. The molecular formula is C16H29N3. The third kappa shape index (κ3) is 4.07. The van der Waals surface area contributed by atoms with Gasteiger partial charge in [-0.2, -0.15) is 5.10 Å². The van der Waals surface area contributed by atoms with Crippen LogP contribution in [0.15, 0.2) is 6.07 Å². The van der Waals surface area contributed by atoms with Crippen LogP contribution in [0.3, 0.4) is 0 Å². The summed E-state index contributed by atoms with van der Waals surface area (Å²) in [5.41, 5.74) is 2.58. The monoisotopic (exact) mass is 263 g/mol. The smallest absolute Gasteiger partial charge is 0.0624 e. The van der Waals surface area contributed by atoms with E-state index in [1.54, 1.807) is 0 Å². The SMILES string of the molecule is CCc1cc(CC(CC2CCCCC2)NC)n(C)n1. The summed E-state index contributed by atoms with van der Waals surface area (Å²) in [7, 11) is 4.17. The second kappa shape index (κ2) is 7.09. The minimum Gasteiger partial charge on any atom is -0.317 e. The normalized spacial score (nSPS) is 18.7. The lowest BCUT2D eigenvalue weighted by atomic mass is 9.84. The summed E-state index contributed by atoms with van der Waals surface area (Å²) in [5, 5.41) is 8.06. The van der Waals surface area contributed by atoms with E-state index in [1.807, 2.05) is 0 Å². The van der Waals surface area contributed by atoms with Crippen molar-refractivity contribution < 1.29 is 0 Å². The highest BCUT2D eigenvalue weighted by Crippen LogP contribution is 2.28. The lowest BCUT2D eigenvalue weighted by molar-refractivity contribution is 0.301. The van der Waals surface area contributed by atoms with Crippen LogP contribution in [-0.2, 0) is 19.9 Å². The Balaban J connectivity index is 1.91. The van der Waals surface area contributed by atoms with Gasteiger partial charge in [0.1, 0.15) is 0 Å². The third-order valence-electron chi connectivity index (χ3n) is 4.60. The molecule has 0 saturated heterocycles. The Kier molecular flexibility index (Phi) is 5.44. The van der Waals surface area contributed by atoms with Crippen LogP contribution >= 0.6 is 0 Å². The van der Waals surface area contributed by atoms with Crippen molar-refractivity contribution in [3.8, 4) is 0 Å². The first kappa shape index (κ1) is 14.6. The second-order valence-corrected chi connectivity index (χ2v) is 6.03. The van der Waals surface area contributed by atoms with Gasteiger partial charge in [0.25, 0.3) is 0 Å². The van der Waals surface area contributed by atoms with Gasteiger partial charge in [0, 0.05) is 25.2 Å². The molecule has 1 aliphatic rings. The predicted octanol–water partition coefficient (Wildman–Crippen LogP) is 3.08. The molecule has 0 aliphatic heterocycles. The van der Waals surface area contributed by atoms with Gasteiger partial charge in [-0.3, -0.25) is 4.68 Å². The second-order valence-electron chi connectivity index (χ2n) is 6.03. The van der Waals surface area contributed by atoms with Crippen molar-refractivity contribution in [3.63, 3.8) is 0 Å². The summed E-state index contributed by atoms with van der Waals surface area (Å²) in [6, 6.07) is 2.87. The predicted molar refractivity (Wildman–Crippen MR) is 80.3 cm³/mol. The van der Waals surface area contributed by atoms with Crippen molar-refractivity contribution in [1.29, 1.82) is 0 Å². The van der Waals surface area contributed by atoms with Crippen molar-refractivity contribution in [1.82, 2.24) is 15.1 Å². The van der Waals surface area contributed by atoms with Crippen LogP contribution < -0.4 is 5.32 Å². The first-order chi connectivity index (χ1) is 9.22. The van der Waals surface area contributed by atoms with Crippen LogP contribution in [0.4, 0.5) is 0 Å². The van der Waals surface area contributed by atoms with Gasteiger partial charge in [0.15, 0.2) is 0 Å². The average molecular weight is 263 g/mol. The van der Waals surface area contributed by atoms with Crippen LogP contribution in [0, 0.1) is 5.92 Å². The minimum absolute atomic E-state index is 0.600. The van der Waals surface area contributed by atoms with E-state index < -0.39 is 0 Å². The first-order valence-electron chi connectivity index (χ1n) is 7.92. The molecule has 19 heavy (non-hydrogen) atoms. The highest BCUT2D eigenvalue weighted by molar-refractivity contribution is 5.11. The zero-order chi connectivity index (χ0) is 13.7. The molecule has 2 rings (SSSR count). The number of nitrogens with one attached hydrogen (secondary N) is 1. The molecule has 108 valence electrons. The van der Waals surface area contributed by atoms with Gasteiger partial charge in [-0.25, -0.2) is 0 Å². The minimum atomic E-state index is 0.600. The average Bonchev–Trinajstić information content (AvgIpc) is 2.80. The van der Waals surface area contributed by atoms with E-state index >= 15 is 0 Å². The van der Waals surface area contributed by atoms with Crippen LogP contribution in [0.1, 0.15) is 56.8 Å². The van der Waals surface area contributed by atoms with Gasteiger partial charge in [0.2, 0.25) is 0 Å². The molecule has 1 saturated carbocycles. The summed E-state index contributed by atoms with van der Waals surface area (Å²) < 4.78 is 2.06. The molecular weight excluding hydrogens is 234 g/mol. The molecule has 0 spiro atoms. The van der Waals surface area contributed by atoms with E-state index in [4.69, 9.17) is 0 Å². The van der Waals surface area contributed by atoms with Crippen molar-refractivity contribution in [2.45, 2.75) is 64.3 Å². The maximum atomic E-state index is 4.55. The van der Waals surface area contributed by atoms with Gasteiger partial charge in [0.05, 0.1) is 5.69 Å². The van der Waals surface area contributed by atoms with Crippen molar-refractivity contribution in [2.24, 2.45) is 13.0 Å². The number of likely N-dealkylation sites (N-methyl/N-ethyl adjacent to an activating group) is 1. The van der Waals surface area contributed by atoms with Crippen LogP contribution in [0.2, 0.25) is 0 Å². The highest BCUT2D eigenvalue weighted by atomic mass is 15.3. The fraction of sp³-hybridized carbons (Fsp3) is 0.812. The molecule has 1 aromatic heterocycles. The molecule has 3 nitrogen and oxygen atoms in total. The Hall–Kier alpha value is -0.830. The fourth-order valence-corrected chi connectivity index (χ4v) is 3.32. The molecule has 0 radical (unpaired) electrons. The Bertz CT molecular complexity index is 377. The molecule has 1 fully saturated rings. The van der Waals surface area contributed by atoms with Crippen molar-refractivity contribution in [2.75, 3.05) is 7.05 Å². The fourth-order valence-electron chi connectivity index (χ4n) is 3.32. The number of hydrogen-bond donors (Lipinski definition) is 1. The molecule has 1 aromatic rings. The van der Waals surface area contributed by atoms with E-state index in [1.165, 1.54) is 49.9 Å². The molecule has 0 amide bonds. The quantitative estimate of drug-likeness (QED) is 0.855. The molecule has 3 heteroatoms. The van der Waals surface area contributed by atoms with E-state index in [0.717, 1.165) is 18.8 Å². The van der Waals surface area contributed by atoms with E-state index in [0.29, 0.717) is 6.04 Å². The Morgan fingerprint density at radius 2 is 2.11 bits per heavy atom. The van der Waals surface area contributed by atoms with E-state index in [2.05, 4.69) is 42.2 Å². The number of hydrogen-bond acceptors (Lipinski definition) is 2. The molecule has 1 N–H and O–H groups in total. The molecule has 1 atom stereocenters. The number of aromatic nitrogens is 2. The summed E-state index contributed by atoms with van der Waals surface area (Å²) >= 11 is 0. The maximum Gasteiger partial charge on any atom is 0.0624 e. The van der Waals surface area contributed by atoms with Crippen LogP contribution in [0.25, 0.3) is 0 Å².